The molecule has 0 aliphatic carbocycles. The molecule has 1 N–H and O–H groups in total. The fourth-order valence-electron chi connectivity index (χ4n) is 2.02. The SMILES string of the molecule is Cc1ccc(C2CN(C#N)C(=O)N2)c(C)c1. The Kier molecular flexibility index (Phi) is 2.53. The Labute approximate surface area is 94.5 Å². The number of urea groups is 1. The van der Waals surface area contributed by atoms with Crippen molar-refractivity contribution >= 4 is 6.03 Å². The summed E-state index contributed by atoms with van der Waals surface area (Å²) in [7, 11) is 0. The number of aryl methyl sites for hydroxylation is 2. The lowest BCUT2D eigenvalue weighted by atomic mass is 10.00. The Morgan fingerprint density at radius 2 is 2.25 bits per heavy atom. The first-order valence-corrected chi connectivity index (χ1v) is 5.16. The van der Waals surface area contributed by atoms with Gasteiger partial charge in [-0.05, 0) is 25.0 Å². The van der Waals surface area contributed by atoms with Gasteiger partial charge in [-0.1, -0.05) is 23.8 Å². The van der Waals surface area contributed by atoms with Crippen LogP contribution in [-0.4, -0.2) is 17.5 Å². The molecule has 1 atom stereocenters. The lowest BCUT2D eigenvalue weighted by molar-refractivity contribution is 0.232. The van der Waals surface area contributed by atoms with Crippen LogP contribution in [0.5, 0.6) is 0 Å². The number of hydrogen-bond acceptors (Lipinski definition) is 2. The van der Waals surface area contributed by atoms with Crippen LogP contribution >= 0.6 is 0 Å². The summed E-state index contributed by atoms with van der Waals surface area (Å²) in [5.41, 5.74) is 3.42. The summed E-state index contributed by atoms with van der Waals surface area (Å²) >= 11 is 0. The normalized spacial score (nSPS) is 19.4. The van der Waals surface area contributed by atoms with Crippen LogP contribution < -0.4 is 5.32 Å². The molecule has 1 fully saturated rings. The molecule has 1 unspecified atom stereocenters. The smallest absolute Gasteiger partial charge is 0.328 e. The third-order valence-electron chi connectivity index (χ3n) is 2.83. The van der Waals surface area contributed by atoms with E-state index < -0.39 is 0 Å². The predicted octanol–water partition coefficient (Wildman–Crippen LogP) is 1.85. The van der Waals surface area contributed by atoms with E-state index in [1.54, 1.807) is 0 Å². The minimum Gasteiger partial charge on any atom is -0.328 e. The molecule has 1 heterocycles. The van der Waals surface area contributed by atoms with E-state index in [2.05, 4.69) is 11.4 Å². The number of amides is 2. The summed E-state index contributed by atoms with van der Waals surface area (Å²) in [6.07, 6.45) is 1.87. The number of nitriles is 1. The second-order valence-electron chi connectivity index (χ2n) is 4.07. The standard InChI is InChI=1S/C12H13N3O/c1-8-3-4-10(9(2)5-8)11-6-15(7-13)12(16)14-11/h3-5,11H,6H2,1-2H3,(H,14,16). The van der Waals surface area contributed by atoms with Crippen molar-refractivity contribution in [1.29, 1.82) is 5.26 Å². The minimum atomic E-state index is -0.313. The van der Waals surface area contributed by atoms with Crippen molar-refractivity contribution in [3.63, 3.8) is 0 Å². The van der Waals surface area contributed by atoms with Gasteiger partial charge in [0.1, 0.15) is 0 Å². The fraction of sp³-hybridized carbons (Fsp3) is 0.333. The Morgan fingerprint density at radius 3 is 2.81 bits per heavy atom. The largest absolute Gasteiger partial charge is 0.331 e. The molecule has 0 bridgehead atoms. The van der Waals surface area contributed by atoms with Crippen LogP contribution in [0, 0.1) is 25.3 Å². The first kappa shape index (κ1) is 10.5. The zero-order chi connectivity index (χ0) is 11.7. The van der Waals surface area contributed by atoms with E-state index in [0.29, 0.717) is 6.54 Å². The maximum atomic E-state index is 11.4. The van der Waals surface area contributed by atoms with Crippen LogP contribution in [0.4, 0.5) is 4.79 Å². The van der Waals surface area contributed by atoms with Gasteiger partial charge in [0.15, 0.2) is 6.19 Å². The molecule has 1 aliphatic rings. The highest BCUT2D eigenvalue weighted by Gasteiger charge is 2.30. The highest BCUT2D eigenvalue weighted by molar-refractivity contribution is 5.78. The van der Waals surface area contributed by atoms with Gasteiger partial charge in [0.05, 0.1) is 12.6 Å². The molecule has 0 aromatic heterocycles. The monoisotopic (exact) mass is 215 g/mol. The van der Waals surface area contributed by atoms with Crippen molar-refractivity contribution in [3.05, 3.63) is 34.9 Å². The molecule has 2 amide bonds. The molecule has 4 nitrogen and oxygen atoms in total. The second kappa shape index (κ2) is 3.86. The number of nitrogens with zero attached hydrogens (tertiary/aromatic N) is 2. The maximum Gasteiger partial charge on any atom is 0.331 e. The Balaban J connectivity index is 2.27. The van der Waals surface area contributed by atoms with E-state index >= 15 is 0 Å². The zero-order valence-electron chi connectivity index (χ0n) is 9.32. The van der Waals surface area contributed by atoms with E-state index in [1.807, 2.05) is 32.2 Å². The van der Waals surface area contributed by atoms with Crippen molar-refractivity contribution in [3.8, 4) is 6.19 Å². The van der Waals surface area contributed by atoms with E-state index in [1.165, 1.54) is 5.56 Å². The van der Waals surface area contributed by atoms with Gasteiger partial charge in [0.2, 0.25) is 0 Å². The lowest BCUT2D eigenvalue weighted by Gasteiger charge is -2.12. The number of benzene rings is 1. The molecular formula is C12H13N3O. The molecule has 2 rings (SSSR count). The summed E-state index contributed by atoms with van der Waals surface area (Å²) in [6, 6.07) is 5.72. The van der Waals surface area contributed by atoms with Crippen LogP contribution in [0.15, 0.2) is 18.2 Å². The summed E-state index contributed by atoms with van der Waals surface area (Å²) in [4.78, 5) is 12.5. The second-order valence-corrected chi connectivity index (χ2v) is 4.07. The molecule has 1 saturated heterocycles. The molecule has 0 spiro atoms. The summed E-state index contributed by atoms with van der Waals surface area (Å²) in [5, 5.41) is 11.5. The Bertz CT molecular complexity index is 476. The third-order valence-corrected chi connectivity index (χ3v) is 2.83. The van der Waals surface area contributed by atoms with Gasteiger partial charge in [-0.15, -0.1) is 0 Å². The van der Waals surface area contributed by atoms with Crippen LogP contribution in [0.25, 0.3) is 0 Å². The molecule has 1 aliphatic heterocycles. The van der Waals surface area contributed by atoms with Gasteiger partial charge >= 0.3 is 6.03 Å². The van der Waals surface area contributed by atoms with Crippen molar-refractivity contribution in [1.82, 2.24) is 10.2 Å². The topological polar surface area (TPSA) is 56.1 Å². The average Bonchev–Trinajstić information content (AvgIpc) is 2.59. The van der Waals surface area contributed by atoms with Gasteiger partial charge < -0.3 is 5.32 Å². The van der Waals surface area contributed by atoms with Gasteiger partial charge in [-0.3, -0.25) is 0 Å². The first-order chi connectivity index (χ1) is 7.61. The van der Waals surface area contributed by atoms with Crippen LogP contribution in [0.2, 0.25) is 0 Å². The highest BCUT2D eigenvalue weighted by Crippen LogP contribution is 2.23. The fourth-order valence-corrected chi connectivity index (χ4v) is 2.02. The highest BCUT2D eigenvalue weighted by atomic mass is 16.2. The third kappa shape index (κ3) is 1.72. The maximum absolute atomic E-state index is 11.4. The molecular weight excluding hydrogens is 202 g/mol. The van der Waals surface area contributed by atoms with Crippen molar-refractivity contribution in [2.45, 2.75) is 19.9 Å². The van der Waals surface area contributed by atoms with Gasteiger partial charge in [-0.25, -0.2) is 9.69 Å². The summed E-state index contributed by atoms with van der Waals surface area (Å²) in [6.45, 7) is 4.47. The zero-order valence-corrected chi connectivity index (χ0v) is 9.32. The van der Waals surface area contributed by atoms with E-state index in [4.69, 9.17) is 5.26 Å². The number of nitrogens with one attached hydrogen (secondary N) is 1. The molecule has 1 aromatic rings. The lowest BCUT2D eigenvalue weighted by Crippen LogP contribution is -2.23. The average molecular weight is 215 g/mol. The number of rotatable bonds is 1. The molecule has 0 radical (unpaired) electrons. The minimum absolute atomic E-state index is 0.0762. The predicted molar refractivity (Wildman–Crippen MR) is 59.5 cm³/mol. The Morgan fingerprint density at radius 1 is 1.50 bits per heavy atom. The van der Waals surface area contributed by atoms with Crippen molar-refractivity contribution in [2.75, 3.05) is 6.54 Å². The molecule has 4 heteroatoms. The van der Waals surface area contributed by atoms with Crippen molar-refractivity contribution < 1.29 is 4.79 Å². The number of hydrogen-bond donors (Lipinski definition) is 1. The van der Waals surface area contributed by atoms with Crippen LogP contribution in [-0.2, 0) is 0 Å². The quantitative estimate of drug-likeness (QED) is 0.727. The summed E-state index contributed by atoms with van der Waals surface area (Å²) in [5.74, 6) is 0. The molecule has 1 aromatic carbocycles. The molecule has 0 saturated carbocycles. The molecule has 16 heavy (non-hydrogen) atoms. The van der Waals surface area contributed by atoms with Gasteiger partial charge in [0.25, 0.3) is 0 Å². The Hall–Kier alpha value is -2.02. The summed E-state index contributed by atoms with van der Waals surface area (Å²) < 4.78 is 0. The van der Waals surface area contributed by atoms with Crippen molar-refractivity contribution in [2.24, 2.45) is 0 Å². The first-order valence-electron chi connectivity index (χ1n) is 5.16. The van der Waals surface area contributed by atoms with Gasteiger partial charge in [-0.2, -0.15) is 5.26 Å². The van der Waals surface area contributed by atoms with Crippen LogP contribution in [0.1, 0.15) is 22.7 Å². The molecule has 82 valence electrons. The number of carbonyl (C=O) groups is 1. The van der Waals surface area contributed by atoms with E-state index in [0.717, 1.165) is 16.0 Å². The van der Waals surface area contributed by atoms with Gasteiger partial charge in [0, 0.05) is 0 Å². The van der Waals surface area contributed by atoms with E-state index in [-0.39, 0.29) is 12.1 Å². The number of carbonyl (C=O) groups excluding carboxylic acids is 1. The van der Waals surface area contributed by atoms with E-state index in [9.17, 15) is 4.79 Å². The van der Waals surface area contributed by atoms with Crippen LogP contribution in [0.3, 0.4) is 0 Å².